The number of amides is 3. The molecule has 0 atom stereocenters. The van der Waals surface area contributed by atoms with Gasteiger partial charge in [0.1, 0.15) is 30.4 Å². The fraction of sp³-hybridized carbons (Fsp3) is 0.167. The van der Waals surface area contributed by atoms with Crippen LogP contribution in [0.4, 0.5) is 19.3 Å². The molecule has 0 radical (unpaired) electrons. The minimum atomic E-state index is -1.36. The maximum absolute atomic E-state index is 13.5. The molecular weight excluding hydrogens is 378 g/mol. The van der Waals surface area contributed by atoms with E-state index >= 15 is 0 Å². The van der Waals surface area contributed by atoms with Gasteiger partial charge in [-0.3, -0.25) is 10.1 Å². The zero-order chi connectivity index (χ0) is 20.1. The Hall–Kier alpha value is -3.69. The number of esters is 1. The first-order valence-electron chi connectivity index (χ1n) is 8.05. The van der Waals surface area contributed by atoms with Gasteiger partial charge in [-0.2, -0.15) is 0 Å². The second kappa shape index (κ2) is 8.33. The molecule has 0 aliphatic carbocycles. The van der Waals surface area contributed by atoms with Crippen molar-refractivity contribution in [3.05, 3.63) is 53.6 Å². The predicted molar refractivity (Wildman–Crippen MR) is 91.2 cm³/mol. The molecule has 0 saturated carbocycles. The molecule has 8 nitrogen and oxygen atoms in total. The molecule has 0 saturated heterocycles. The van der Waals surface area contributed by atoms with E-state index in [1.807, 2.05) is 5.32 Å². The summed E-state index contributed by atoms with van der Waals surface area (Å²) in [5, 5.41) is 4.31. The minimum absolute atomic E-state index is 0.333. The summed E-state index contributed by atoms with van der Waals surface area (Å²) < 4.78 is 42.2. The van der Waals surface area contributed by atoms with E-state index in [2.05, 4.69) is 10.1 Å². The summed E-state index contributed by atoms with van der Waals surface area (Å²) in [6.07, 6.45) is 0. The van der Waals surface area contributed by atoms with Crippen LogP contribution in [-0.4, -0.2) is 37.7 Å². The number of ether oxygens (including phenoxy) is 3. The van der Waals surface area contributed by atoms with Gasteiger partial charge in [-0.15, -0.1) is 0 Å². The number of fused-ring (bicyclic) bond motifs is 1. The van der Waals surface area contributed by atoms with Gasteiger partial charge in [-0.25, -0.2) is 18.4 Å². The lowest BCUT2D eigenvalue weighted by Crippen LogP contribution is -2.37. The van der Waals surface area contributed by atoms with Gasteiger partial charge >= 0.3 is 12.0 Å². The number of hydrogen-bond acceptors (Lipinski definition) is 6. The van der Waals surface area contributed by atoms with Crippen LogP contribution < -0.4 is 20.1 Å². The quantitative estimate of drug-likeness (QED) is 0.774. The van der Waals surface area contributed by atoms with Gasteiger partial charge in [-0.1, -0.05) is 6.07 Å². The van der Waals surface area contributed by atoms with Crippen molar-refractivity contribution in [1.82, 2.24) is 5.32 Å². The number of rotatable bonds is 4. The third-order valence-corrected chi connectivity index (χ3v) is 3.55. The number of nitrogens with one attached hydrogen (secondary N) is 2. The van der Waals surface area contributed by atoms with E-state index < -0.39 is 41.7 Å². The topological polar surface area (TPSA) is 103 Å². The van der Waals surface area contributed by atoms with Crippen molar-refractivity contribution in [3.63, 3.8) is 0 Å². The first kappa shape index (κ1) is 19.1. The maximum Gasteiger partial charge on any atom is 0.344 e. The largest absolute Gasteiger partial charge is 0.486 e. The van der Waals surface area contributed by atoms with E-state index in [-0.39, 0.29) is 0 Å². The molecule has 0 spiro atoms. The Morgan fingerprint density at radius 3 is 2.39 bits per heavy atom. The number of carbonyl (C=O) groups is 3. The molecule has 28 heavy (non-hydrogen) atoms. The molecular formula is C18H14F2N2O6. The molecule has 146 valence electrons. The van der Waals surface area contributed by atoms with Crippen molar-refractivity contribution in [2.45, 2.75) is 0 Å². The highest BCUT2D eigenvalue weighted by Crippen LogP contribution is 2.32. The third-order valence-electron chi connectivity index (χ3n) is 3.55. The number of urea groups is 1. The van der Waals surface area contributed by atoms with Crippen LogP contribution in [-0.2, 0) is 9.53 Å². The lowest BCUT2D eigenvalue weighted by molar-refractivity contribution is -0.123. The highest BCUT2D eigenvalue weighted by Gasteiger charge is 2.20. The highest BCUT2D eigenvalue weighted by atomic mass is 19.1. The molecule has 0 fully saturated rings. The second-order valence-electron chi connectivity index (χ2n) is 5.53. The second-order valence-corrected chi connectivity index (χ2v) is 5.53. The SMILES string of the molecule is O=C(COC(=O)c1c(F)cccc1F)NC(=O)Nc1ccc2c(c1)OCCO2. The number of benzene rings is 2. The molecule has 1 heterocycles. The van der Waals surface area contributed by atoms with E-state index in [4.69, 9.17) is 9.47 Å². The summed E-state index contributed by atoms with van der Waals surface area (Å²) >= 11 is 0. The Bertz CT molecular complexity index is 914. The molecule has 10 heteroatoms. The van der Waals surface area contributed by atoms with Crippen LogP contribution in [0, 0.1) is 11.6 Å². The van der Waals surface area contributed by atoms with Crippen LogP contribution in [0.15, 0.2) is 36.4 Å². The van der Waals surface area contributed by atoms with Gasteiger partial charge in [0.25, 0.3) is 5.91 Å². The predicted octanol–water partition coefficient (Wildman–Crippen LogP) is 2.24. The van der Waals surface area contributed by atoms with E-state index in [0.29, 0.717) is 30.4 Å². The normalized spacial score (nSPS) is 12.1. The smallest absolute Gasteiger partial charge is 0.344 e. The Labute approximate surface area is 157 Å². The van der Waals surface area contributed by atoms with Crippen molar-refractivity contribution in [2.75, 3.05) is 25.1 Å². The van der Waals surface area contributed by atoms with Gasteiger partial charge in [0, 0.05) is 11.8 Å². The highest BCUT2D eigenvalue weighted by molar-refractivity contribution is 6.02. The molecule has 1 aliphatic heterocycles. The molecule has 3 amide bonds. The fourth-order valence-electron chi connectivity index (χ4n) is 2.34. The first-order valence-corrected chi connectivity index (χ1v) is 8.05. The summed E-state index contributed by atoms with van der Waals surface area (Å²) in [5.74, 6) is -3.63. The van der Waals surface area contributed by atoms with Crippen LogP contribution in [0.3, 0.4) is 0 Å². The average Bonchev–Trinajstić information content (AvgIpc) is 2.66. The minimum Gasteiger partial charge on any atom is -0.486 e. The van der Waals surface area contributed by atoms with Gasteiger partial charge in [0.2, 0.25) is 0 Å². The van der Waals surface area contributed by atoms with E-state index in [1.54, 1.807) is 12.1 Å². The lowest BCUT2D eigenvalue weighted by atomic mass is 10.2. The van der Waals surface area contributed by atoms with Crippen LogP contribution in [0.25, 0.3) is 0 Å². The van der Waals surface area contributed by atoms with Crippen molar-refractivity contribution in [2.24, 2.45) is 0 Å². The van der Waals surface area contributed by atoms with Crippen LogP contribution in [0.2, 0.25) is 0 Å². The van der Waals surface area contributed by atoms with Crippen molar-refractivity contribution < 1.29 is 37.4 Å². The monoisotopic (exact) mass is 392 g/mol. The fourth-order valence-corrected chi connectivity index (χ4v) is 2.34. The number of halogens is 2. The summed E-state index contributed by atoms with van der Waals surface area (Å²) in [7, 11) is 0. The third kappa shape index (κ3) is 4.53. The molecule has 0 bridgehead atoms. The van der Waals surface area contributed by atoms with Crippen molar-refractivity contribution in [1.29, 1.82) is 0 Å². The Morgan fingerprint density at radius 2 is 1.68 bits per heavy atom. The summed E-state index contributed by atoms with van der Waals surface area (Å²) in [6.45, 7) is -0.111. The molecule has 2 aromatic rings. The van der Waals surface area contributed by atoms with Gasteiger partial charge in [0.05, 0.1) is 0 Å². The summed E-state index contributed by atoms with van der Waals surface area (Å²) in [4.78, 5) is 35.2. The molecule has 2 aromatic carbocycles. The number of imide groups is 1. The lowest BCUT2D eigenvalue weighted by Gasteiger charge is -2.19. The van der Waals surface area contributed by atoms with Gasteiger partial charge in [0.15, 0.2) is 18.1 Å². The summed E-state index contributed by atoms with van der Waals surface area (Å²) in [6, 6.07) is 6.58. The van der Waals surface area contributed by atoms with E-state index in [9.17, 15) is 23.2 Å². The molecule has 1 aliphatic rings. The van der Waals surface area contributed by atoms with E-state index in [0.717, 1.165) is 18.2 Å². The zero-order valence-corrected chi connectivity index (χ0v) is 14.3. The molecule has 3 rings (SSSR count). The van der Waals surface area contributed by atoms with Crippen LogP contribution >= 0.6 is 0 Å². The molecule has 0 unspecified atom stereocenters. The number of carbonyl (C=O) groups excluding carboxylic acids is 3. The van der Waals surface area contributed by atoms with Gasteiger partial charge in [-0.05, 0) is 24.3 Å². The first-order chi connectivity index (χ1) is 13.4. The van der Waals surface area contributed by atoms with Crippen molar-refractivity contribution in [3.8, 4) is 11.5 Å². The van der Waals surface area contributed by atoms with Crippen LogP contribution in [0.5, 0.6) is 11.5 Å². The average molecular weight is 392 g/mol. The van der Waals surface area contributed by atoms with Crippen molar-refractivity contribution >= 4 is 23.6 Å². The van der Waals surface area contributed by atoms with Crippen LogP contribution in [0.1, 0.15) is 10.4 Å². The number of anilines is 1. The zero-order valence-electron chi connectivity index (χ0n) is 14.3. The van der Waals surface area contributed by atoms with Gasteiger partial charge < -0.3 is 19.5 Å². The number of hydrogen-bond donors (Lipinski definition) is 2. The maximum atomic E-state index is 13.5. The van der Waals surface area contributed by atoms with E-state index in [1.165, 1.54) is 6.07 Å². The Balaban J connectivity index is 1.51. The standard InChI is InChI=1S/C18H14F2N2O6/c19-11-2-1-3-12(20)16(11)17(24)28-9-15(23)22-18(25)21-10-4-5-13-14(8-10)27-7-6-26-13/h1-5,8H,6-7,9H2,(H2,21,22,23,25). The Morgan fingerprint density at radius 1 is 1.00 bits per heavy atom. The Kier molecular flexibility index (Phi) is 5.68. The molecule has 2 N–H and O–H groups in total. The summed E-state index contributed by atoms with van der Waals surface area (Å²) in [5.41, 5.74) is -0.587. The molecule has 0 aromatic heterocycles.